The number of benzene rings is 1. The quantitative estimate of drug-likeness (QED) is 0.481. The Labute approximate surface area is 155 Å². The molecule has 0 bridgehead atoms. The predicted octanol–water partition coefficient (Wildman–Crippen LogP) is 4.31. The zero-order valence-electron chi connectivity index (χ0n) is 15.8. The van der Waals surface area contributed by atoms with E-state index >= 15 is 0 Å². The van der Waals surface area contributed by atoms with E-state index in [0.717, 1.165) is 34.7 Å². The molecule has 1 rings (SSSR count). The molecule has 0 N–H and O–H groups in total. The fraction of sp³-hybridized carbons (Fsp3) is 0.579. The number of amides is 1. The summed E-state index contributed by atoms with van der Waals surface area (Å²) in [7, 11) is 0. The molecule has 140 valence electrons. The van der Waals surface area contributed by atoms with Gasteiger partial charge in [0.05, 0.1) is 0 Å². The van der Waals surface area contributed by atoms with Crippen LogP contribution < -0.4 is 4.74 Å². The van der Waals surface area contributed by atoms with Crippen molar-refractivity contribution in [2.45, 2.75) is 51.5 Å². The summed E-state index contributed by atoms with van der Waals surface area (Å²) in [6, 6.07) is 5.87. The Kier molecular flexibility index (Phi) is 8.83. The Morgan fingerprint density at radius 2 is 2.00 bits per heavy atom. The molecule has 0 saturated carbocycles. The first-order chi connectivity index (χ1) is 11.8. The summed E-state index contributed by atoms with van der Waals surface area (Å²) in [6.07, 6.45) is 1.37. The van der Waals surface area contributed by atoms with Crippen LogP contribution in [0.1, 0.15) is 39.7 Å². The molecule has 0 aliphatic heterocycles. The highest BCUT2D eigenvalue weighted by Gasteiger charge is 2.21. The summed E-state index contributed by atoms with van der Waals surface area (Å²) < 4.78 is 10.8. The van der Waals surface area contributed by atoms with E-state index in [1.165, 1.54) is 0 Å². The van der Waals surface area contributed by atoms with Crippen LogP contribution in [0.5, 0.6) is 5.75 Å². The Morgan fingerprint density at radius 1 is 1.28 bits per heavy atom. The molecule has 1 aromatic rings. The molecule has 0 aliphatic rings. The van der Waals surface area contributed by atoms with Gasteiger partial charge in [-0.3, -0.25) is 4.79 Å². The molecule has 6 heteroatoms. The maximum absolute atomic E-state index is 12.2. The molecule has 0 radical (unpaired) electrons. The van der Waals surface area contributed by atoms with Crippen LogP contribution in [0.15, 0.2) is 23.1 Å². The number of aldehydes is 1. The van der Waals surface area contributed by atoms with E-state index in [9.17, 15) is 9.59 Å². The number of rotatable bonds is 9. The standard InChI is InChI=1S/C19H29NO4S/c1-6-9-20(18(22)24-19(3,4)5)10-13-25-16-7-8-17(15(2)14-16)23-12-11-21/h7-8,11,14H,6,9-10,12-13H2,1-5H3. The van der Waals surface area contributed by atoms with Crippen molar-refractivity contribution in [1.82, 2.24) is 4.90 Å². The van der Waals surface area contributed by atoms with Gasteiger partial charge in [-0.05, 0) is 57.9 Å². The summed E-state index contributed by atoms with van der Waals surface area (Å²) in [4.78, 5) is 25.5. The molecule has 0 saturated heterocycles. The highest BCUT2D eigenvalue weighted by atomic mass is 32.2. The lowest BCUT2D eigenvalue weighted by atomic mass is 10.2. The van der Waals surface area contributed by atoms with E-state index in [-0.39, 0.29) is 12.7 Å². The fourth-order valence-electron chi connectivity index (χ4n) is 2.16. The minimum Gasteiger partial charge on any atom is -0.486 e. The van der Waals surface area contributed by atoms with Crippen molar-refractivity contribution in [2.75, 3.05) is 25.4 Å². The molecule has 1 amide bonds. The van der Waals surface area contributed by atoms with Crippen LogP contribution in [0.4, 0.5) is 4.79 Å². The van der Waals surface area contributed by atoms with Crippen molar-refractivity contribution in [3.8, 4) is 5.75 Å². The monoisotopic (exact) mass is 367 g/mol. The third-order valence-corrected chi connectivity index (χ3v) is 4.20. The molecule has 5 nitrogen and oxygen atoms in total. The minimum absolute atomic E-state index is 0.0647. The Morgan fingerprint density at radius 3 is 2.56 bits per heavy atom. The second kappa shape index (κ2) is 10.3. The zero-order valence-corrected chi connectivity index (χ0v) is 16.6. The van der Waals surface area contributed by atoms with Gasteiger partial charge in [0.1, 0.15) is 18.0 Å². The zero-order chi connectivity index (χ0) is 18.9. The second-order valence-electron chi connectivity index (χ2n) is 6.72. The average Bonchev–Trinajstić information content (AvgIpc) is 2.51. The normalized spacial score (nSPS) is 11.1. The van der Waals surface area contributed by atoms with Gasteiger partial charge < -0.3 is 14.4 Å². The summed E-state index contributed by atoms with van der Waals surface area (Å²) >= 11 is 1.68. The second-order valence-corrected chi connectivity index (χ2v) is 7.89. The number of ether oxygens (including phenoxy) is 2. The van der Waals surface area contributed by atoms with Crippen LogP contribution in [0.3, 0.4) is 0 Å². The van der Waals surface area contributed by atoms with Crippen molar-refractivity contribution >= 4 is 24.1 Å². The highest BCUT2D eigenvalue weighted by Crippen LogP contribution is 2.25. The van der Waals surface area contributed by atoms with E-state index in [2.05, 4.69) is 0 Å². The third-order valence-electron chi connectivity index (χ3n) is 3.23. The fourth-order valence-corrected chi connectivity index (χ4v) is 3.13. The maximum Gasteiger partial charge on any atom is 0.410 e. The van der Waals surface area contributed by atoms with Crippen LogP contribution >= 0.6 is 11.8 Å². The van der Waals surface area contributed by atoms with Gasteiger partial charge in [-0.25, -0.2) is 4.79 Å². The molecule has 0 aromatic heterocycles. The summed E-state index contributed by atoms with van der Waals surface area (Å²) in [5.41, 5.74) is 0.509. The van der Waals surface area contributed by atoms with E-state index < -0.39 is 5.60 Å². The van der Waals surface area contributed by atoms with Crippen molar-refractivity contribution in [2.24, 2.45) is 0 Å². The lowest BCUT2D eigenvalue weighted by molar-refractivity contribution is -0.109. The number of carbonyl (C=O) groups is 2. The van der Waals surface area contributed by atoms with Gasteiger partial charge in [0.15, 0.2) is 6.29 Å². The molecular weight excluding hydrogens is 338 g/mol. The van der Waals surface area contributed by atoms with Crippen LogP contribution in [-0.4, -0.2) is 48.3 Å². The van der Waals surface area contributed by atoms with Gasteiger partial charge in [0.25, 0.3) is 0 Å². The molecular formula is C19H29NO4S. The Balaban J connectivity index is 2.56. The smallest absolute Gasteiger partial charge is 0.410 e. The van der Waals surface area contributed by atoms with E-state index in [0.29, 0.717) is 13.1 Å². The number of thioether (sulfide) groups is 1. The van der Waals surface area contributed by atoms with Crippen molar-refractivity contribution < 1.29 is 19.1 Å². The van der Waals surface area contributed by atoms with Crippen LogP contribution in [0.2, 0.25) is 0 Å². The van der Waals surface area contributed by atoms with Gasteiger partial charge >= 0.3 is 6.09 Å². The number of hydrogen-bond acceptors (Lipinski definition) is 5. The predicted molar refractivity (Wildman–Crippen MR) is 102 cm³/mol. The van der Waals surface area contributed by atoms with Crippen LogP contribution in [0.25, 0.3) is 0 Å². The Hall–Kier alpha value is -1.69. The van der Waals surface area contributed by atoms with Crippen molar-refractivity contribution in [1.29, 1.82) is 0 Å². The van der Waals surface area contributed by atoms with Crippen molar-refractivity contribution in [3.05, 3.63) is 23.8 Å². The van der Waals surface area contributed by atoms with E-state index in [4.69, 9.17) is 9.47 Å². The topological polar surface area (TPSA) is 55.8 Å². The van der Waals surface area contributed by atoms with E-state index in [1.807, 2.05) is 52.8 Å². The highest BCUT2D eigenvalue weighted by molar-refractivity contribution is 7.99. The van der Waals surface area contributed by atoms with E-state index in [1.54, 1.807) is 16.7 Å². The minimum atomic E-state index is -0.481. The molecule has 1 aromatic carbocycles. The van der Waals surface area contributed by atoms with Crippen LogP contribution in [-0.2, 0) is 9.53 Å². The van der Waals surface area contributed by atoms with Gasteiger partial charge in [-0.15, -0.1) is 11.8 Å². The maximum atomic E-state index is 12.2. The molecule has 25 heavy (non-hydrogen) atoms. The summed E-state index contributed by atoms with van der Waals surface area (Å²) in [5.74, 6) is 1.51. The molecule has 0 atom stereocenters. The largest absolute Gasteiger partial charge is 0.486 e. The summed E-state index contributed by atoms with van der Waals surface area (Å²) in [5, 5.41) is 0. The van der Waals surface area contributed by atoms with Gasteiger partial charge in [0, 0.05) is 23.7 Å². The Bertz CT molecular complexity index is 569. The lowest BCUT2D eigenvalue weighted by Crippen LogP contribution is -2.38. The molecule has 0 unspecified atom stereocenters. The van der Waals surface area contributed by atoms with Gasteiger partial charge in [-0.2, -0.15) is 0 Å². The van der Waals surface area contributed by atoms with Crippen LogP contribution in [0, 0.1) is 6.92 Å². The SMILES string of the molecule is CCCN(CCSc1ccc(OCC=O)c(C)c1)C(=O)OC(C)(C)C. The number of carbonyl (C=O) groups excluding carboxylic acids is 2. The molecule has 0 fully saturated rings. The molecule has 0 aliphatic carbocycles. The first-order valence-corrected chi connectivity index (χ1v) is 9.53. The van der Waals surface area contributed by atoms with Gasteiger partial charge in [-0.1, -0.05) is 6.92 Å². The number of aryl methyl sites for hydroxylation is 1. The third kappa shape index (κ3) is 8.29. The number of hydrogen-bond donors (Lipinski definition) is 0. The molecule has 0 spiro atoms. The van der Waals surface area contributed by atoms with Gasteiger partial charge in [0.2, 0.25) is 0 Å². The first-order valence-electron chi connectivity index (χ1n) is 8.54. The average molecular weight is 368 g/mol. The first kappa shape index (κ1) is 21.4. The number of nitrogens with zero attached hydrogens (tertiary/aromatic N) is 1. The molecule has 0 heterocycles. The summed E-state index contributed by atoms with van der Waals surface area (Å²) in [6.45, 7) is 11.0. The van der Waals surface area contributed by atoms with Crippen molar-refractivity contribution in [3.63, 3.8) is 0 Å². The lowest BCUT2D eigenvalue weighted by Gasteiger charge is -2.27.